The fraction of sp³-hybridized carbons (Fsp3) is 0.677. The van der Waals surface area contributed by atoms with Crippen molar-refractivity contribution in [2.75, 3.05) is 32.2 Å². The van der Waals surface area contributed by atoms with Gasteiger partial charge in [-0.25, -0.2) is 4.79 Å². The number of nitrogens with zero attached hydrogens (tertiary/aromatic N) is 1. The molecule has 2 unspecified atom stereocenters. The molecule has 0 radical (unpaired) electrons. The third kappa shape index (κ3) is 14.1. The van der Waals surface area contributed by atoms with E-state index in [1.165, 1.54) is 7.11 Å². The number of esters is 1. The molecule has 9 nitrogen and oxygen atoms in total. The fourth-order valence-corrected chi connectivity index (χ4v) is 5.01. The van der Waals surface area contributed by atoms with Crippen LogP contribution in [0.15, 0.2) is 18.2 Å². The third-order valence-electron chi connectivity index (χ3n) is 6.39. The molecule has 0 aliphatic carbocycles. The summed E-state index contributed by atoms with van der Waals surface area (Å²) in [6, 6.07) is 3.88. The van der Waals surface area contributed by atoms with Gasteiger partial charge in [0.05, 0.1) is 7.11 Å². The fourth-order valence-electron chi connectivity index (χ4n) is 4.54. The van der Waals surface area contributed by atoms with Gasteiger partial charge in [-0.05, 0) is 65.0 Å². The molecule has 1 aromatic rings. The Kier molecular flexibility index (Phi) is 16.5. The lowest BCUT2D eigenvalue weighted by Gasteiger charge is -2.35. The number of thioether (sulfide) groups is 1. The van der Waals surface area contributed by atoms with E-state index < -0.39 is 35.7 Å². The predicted octanol–water partition coefficient (Wildman–Crippen LogP) is 5.47. The lowest BCUT2D eigenvalue weighted by molar-refractivity contribution is -0.144. The van der Waals surface area contributed by atoms with Crippen molar-refractivity contribution in [3.8, 4) is 0 Å². The Hall–Kier alpha value is -2.75. The van der Waals surface area contributed by atoms with E-state index in [0.29, 0.717) is 30.7 Å². The number of ether oxygens (including phenoxy) is 2. The number of unbranched alkanes of at least 4 members (excludes halogenated alkanes) is 5. The van der Waals surface area contributed by atoms with Crippen molar-refractivity contribution < 1.29 is 28.7 Å². The molecule has 0 saturated carbocycles. The van der Waals surface area contributed by atoms with Crippen LogP contribution in [0.2, 0.25) is 0 Å². The number of carbonyl (C=O) groups excluding carboxylic acids is 4. The Morgan fingerprint density at radius 3 is 2.15 bits per heavy atom. The normalized spacial score (nSPS) is 12.7. The topological polar surface area (TPSA) is 114 Å². The standard InChI is InChI=1S/C31H51N3O6S/c1-9-10-11-12-13-14-16-34(29(37)25(15-17-41-8)33-30(38)40-31(4,5)6)27(28(36)32-21-26(35)39-7)24-19-22(2)18-23(3)20-24/h18-20,25,27H,9-17,21H2,1-8H3,(H,32,36)(H,33,38). The summed E-state index contributed by atoms with van der Waals surface area (Å²) >= 11 is 1.56. The maximum Gasteiger partial charge on any atom is 0.408 e. The van der Waals surface area contributed by atoms with Crippen LogP contribution in [0.5, 0.6) is 0 Å². The number of rotatable bonds is 17. The van der Waals surface area contributed by atoms with Crippen LogP contribution in [0.1, 0.15) is 95.4 Å². The second-order valence-electron chi connectivity index (χ2n) is 11.4. The highest BCUT2D eigenvalue weighted by Gasteiger charge is 2.36. The van der Waals surface area contributed by atoms with Gasteiger partial charge in [-0.15, -0.1) is 0 Å². The minimum Gasteiger partial charge on any atom is -0.468 e. The number of carbonyl (C=O) groups is 4. The van der Waals surface area contributed by atoms with Crippen LogP contribution in [0, 0.1) is 13.8 Å². The van der Waals surface area contributed by atoms with Crippen molar-refractivity contribution in [3.05, 3.63) is 34.9 Å². The monoisotopic (exact) mass is 593 g/mol. The summed E-state index contributed by atoms with van der Waals surface area (Å²) in [5, 5.41) is 5.42. The van der Waals surface area contributed by atoms with Gasteiger partial charge in [0.2, 0.25) is 11.8 Å². The van der Waals surface area contributed by atoms with Crippen LogP contribution < -0.4 is 10.6 Å². The minimum atomic E-state index is -1.00. The SMILES string of the molecule is CCCCCCCCN(C(=O)C(CCSC)NC(=O)OC(C)(C)C)C(C(=O)NCC(=O)OC)c1cc(C)cc(C)c1. The van der Waals surface area contributed by atoms with Crippen molar-refractivity contribution in [3.63, 3.8) is 0 Å². The number of amides is 3. The maximum atomic E-state index is 14.3. The number of benzene rings is 1. The molecule has 41 heavy (non-hydrogen) atoms. The first-order valence-electron chi connectivity index (χ1n) is 14.5. The van der Waals surface area contributed by atoms with E-state index in [4.69, 9.17) is 9.47 Å². The Morgan fingerprint density at radius 2 is 1.59 bits per heavy atom. The molecule has 0 saturated heterocycles. The largest absolute Gasteiger partial charge is 0.468 e. The van der Waals surface area contributed by atoms with Crippen molar-refractivity contribution in [1.29, 1.82) is 0 Å². The third-order valence-corrected chi connectivity index (χ3v) is 7.03. The van der Waals surface area contributed by atoms with Gasteiger partial charge in [0.1, 0.15) is 24.2 Å². The zero-order chi connectivity index (χ0) is 31.0. The zero-order valence-corrected chi connectivity index (χ0v) is 27.1. The van der Waals surface area contributed by atoms with Gasteiger partial charge in [-0.3, -0.25) is 14.4 Å². The van der Waals surface area contributed by atoms with E-state index in [2.05, 4.69) is 17.6 Å². The first-order chi connectivity index (χ1) is 19.3. The summed E-state index contributed by atoms with van der Waals surface area (Å²) in [7, 11) is 1.25. The van der Waals surface area contributed by atoms with Crippen LogP contribution >= 0.6 is 11.8 Å². The molecule has 0 fully saturated rings. The van der Waals surface area contributed by atoms with Gasteiger partial charge in [0.25, 0.3) is 0 Å². The number of aryl methyl sites for hydroxylation is 2. The molecule has 1 rings (SSSR count). The van der Waals surface area contributed by atoms with E-state index in [1.54, 1.807) is 37.4 Å². The van der Waals surface area contributed by atoms with Gasteiger partial charge in [0.15, 0.2) is 0 Å². The minimum absolute atomic E-state index is 0.318. The molecule has 2 N–H and O–H groups in total. The Labute approximate surface area is 250 Å². The molecule has 0 bridgehead atoms. The van der Waals surface area contributed by atoms with Crippen molar-refractivity contribution in [2.24, 2.45) is 0 Å². The van der Waals surface area contributed by atoms with E-state index in [9.17, 15) is 19.2 Å². The average molecular weight is 594 g/mol. The van der Waals surface area contributed by atoms with Crippen LogP contribution in [0.25, 0.3) is 0 Å². The molecule has 232 valence electrons. The molecule has 10 heteroatoms. The number of nitrogens with one attached hydrogen (secondary N) is 2. The van der Waals surface area contributed by atoms with Crippen LogP contribution in [0.3, 0.4) is 0 Å². The van der Waals surface area contributed by atoms with Crippen LogP contribution in [-0.2, 0) is 23.9 Å². The Balaban J connectivity index is 3.50. The molecule has 0 heterocycles. The molecule has 0 aromatic heterocycles. The zero-order valence-electron chi connectivity index (χ0n) is 26.3. The van der Waals surface area contributed by atoms with Crippen molar-refractivity contribution in [2.45, 2.75) is 104 Å². The number of hydrogen-bond donors (Lipinski definition) is 2. The lowest BCUT2D eigenvalue weighted by atomic mass is 9.97. The summed E-state index contributed by atoms with van der Waals surface area (Å²) < 4.78 is 10.2. The van der Waals surface area contributed by atoms with Gasteiger partial charge in [-0.1, -0.05) is 68.4 Å². The predicted molar refractivity (Wildman–Crippen MR) is 165 cm³/mol. The van der Waals surface area contributed by atoms with Gasteiger partial charge >= 0.3 is 12.1 Å². The van der Waals surface area contributed by atoms with Crippen molar-refractivity contribution in [1.82, 2.24) is 15.5 Å². The highest BCUT2D eigenvalue weighted by atomic mass is 32.2. The second kappa shape index (κ2) is 18.6. The molecule has 0 aliphatic heterocycles. The van der Waals surface area contributed by atoms with Gasteiger partial charge < -0.3 is 25.0 Å². The highest BCUT2D eigenvalue weighted by molar-refractivity contribution is 7.98. The molecule has 0 spiro atoms. The van der Waals surface area contributed by atoms with Gasteiger partial charge in [0, 0.05) is 6.54 Å². The highest BCUT2D eigenvalue weighted by Crippen LogP contribution is 2.26. The maximum absolute atomic E-state index is 14.3. The summed E-state index contributed by atoms with van der Waals surface area (Å²) in [5.74, 6) is -0.813. The van der Waals surface area contributed by atoms with Crippen molar-refractivity contribution >= 4 is 35.6 Å². The van der Waals surface area contributed by atoms with E-state index in [-0.39, 0.29) is 12.5 Å². The van der Waals surface area contributed by atoms with Crippen LogP contribution in [-0.4, -0.2) is 72.6 Å². The molecule has 1 aromatic carbocycles. The number of methoxy groups -OCH3 is 1. The Bertz CT molecular complexity index is 974. The average Bonchev–Trinajstić information content (AvgIpc) is 2.88. The van der Waals surface area contributed by atoms with Gasteiger partial charge in [-0.2, -0.15) is 11.8 Å². The van der Waals surface area contributed by atoms with E-state index >= 15 is 0 Å². The molecule has 3 amide bonds. The smallest absolute Gasteiger partial charge is 0.408 e. The summed E-state index contributed by atoms with van der Waals surface area (Å²) in [4.78, 5) is 54.2. The van der Waals surface area contributed by atoms with E-state index in [0.717, 1.165) is 43.2 Å². The first kappa shape index (κ1) is 36.3. The first-order valence-corrected chi connectivity index (χ1v) is 15.9. The summed E-state index contributed by atoms with van der Waals surface area (Å²) in [6.07, 6.45) is 7.65. The number of alkyl carbamates (subject to hydrolysis) is 1. The Morgan fingerprint density at radius 1 is 0.976 bits per heavy atom. The van der Waals surface area contributed by atoms with E-state index in [1.807, 2.05) is 38.3 Å². The summed E-state index contributed by atoms with van der Waals surface area (Å²) in [5.41, 5.74) is 1.81. The number of hydrogen-bond acceptors (Lipinski definition) is 7. The molecule has 0 aliphatic rings. The molecular weight excluding hydrogens is 542 g/mol. The van der Waals surface area contributed by atoms with Crippen LogP contribution in [0.4, 0.5) is 4.79 Å². The molecular formula is C31H51N3O6S. The molecule has 2 atom stereocenters. The quantitative estimate of drug-likeness (QED) is 0.182. The second-order valence-corrected chi connectivity index (χ2v) is 12.4. The summed E-state index contributed by atoms with van der Waals surface area (Å²) in [6.45, 7) is 11.3. The lowest BCUT2D eigenvalue weighted by Crippen LogP contribution is -2.53.